The number of rotatable bonds is 1. The summed E-state index contributed by atoms with van der Waals surface area (Å²) in [6, 6.07) is 5.44. The van der Waals surface area contributed by atoms with Crippen LogP contribution in [-0.4, -0.2) is 19.6 Å². The molecule has 1 amide bonds. The van der Waals surface area contributed by atoms with E-state index in [0.717, 1.165) is 6.42 Å². The number of ether oxygens (including phenoxy) is 2. The van der Waals surface area contributed by atoms with Crippen LogP contribution in [0.15, 0.2) is 18.2 Å². The Morgan fingerprint density at radius 2 is 2.33 bits per heavy atom. The Morgan fingerprint density at radius 1 is 1.47 bits per heavy atom. The predicted molar refractivity (Wildman–Crippen MR) is 56.4 cm³/mol. The molecule has 0 saturated heterocycles. The highest BCUT2D eigenvalue weighted by Crippen LogP contribution is 2.36. The highest BCUT2D eigenvalue weighted by Gasteiger charge is 2.15. The zero-order valence-corrected chi connectivity index (χ0v) is 8.58. The maximum atomic E-state index is 11.4. The largest absolute Gasteiger partial charge is 0.493 e. The third kappa shape index (κ3) is 2.03. The Morgan fingerprint density at radius 3 is 3.13 bits per heavy atom. The van der Waals surface area contributed by atoms with Gasteiger partial charge in [-0.3, -0.25) is 4.79 Å². The van der Waals surface area contributed by atoms with Crippen LogP contribution in [0.3, 0.4) is 0 Å². The van der Waals surface area contributed by atoms with Crippen molar-refractivity contribution >= 4 is 11.6 Å². The highest BCUT2D eigenvalue weighted by molar-refractivity contribution is 5.93. The lowest BCUT2D eigenvalue weighted by Gasteiger charge is -2.18. The third-order valence-corrected chi connectivity index (χ3v) is 2.27. The molecule has 0 aromatic heterocycles. The zero-order chi connectivity index (χ0) is 10.7. The summed E-state index contributed by atoms with van der Waals surface area (Å²) < 4.78 is 10.7. The molecule has 0 fully saturated rings. The van der Waals surface area contributed by atoms with Gasteiger partial charge >= 0.3 is 0 Å². The summed E-state index contributed by atoms with van der Waals surface area (Å²) >= 11 is 0. The summed E-state index contributed by atoms with van der Waals surface area (Å²) in [7, 11) is 1.58. The Hall–Kier alpha value is -1.71. The predicted octanol–water partition coefficient (Wildman–Crippen LogP) is 1.81. The van der Waals surface area contributed by atoms with Crippen molar-refractivity contribution in [2.45, 2.75) is 12.8 Å². The van der Waals surface area contributed by atoms with Crippen molar-refractivity contribution in [2.75, 3.05) is 19.0 Å². The van der Waals surface area contributed by atoms with Crippen molar-refractivity contribution in [1.29, 1.82) is 0 Å². The number of hydrogen-bond acceptors (Lipinski definition) is 3. The Bertz CT molecular complexity index is 376. The minimum Gasteiger partial charge on any atom is -0.493 e. The van der Waals surface area contributed by atoms with Crippen molar-refractivity contribution in [3.05, 3.63) is 18.2 Å². The molecule has 15 heavy (non-hydrogen) atoms. The first kappa shape index (κ1) is 9.83. The van der Waals surface area contributed by atoms with Gasteiger partial charge in [0.15, 0.2) is 11.5 Å². The Labute approximate surface area is 88.2 Å². The van der Waals surface area contributed by atoms with Gasteiger partial charge < -0.3 is 14.8 Å². The molecule has 80 valence electrons. The van der Waals surface area contributed by atoms with Crippen LogP contribution >= 0.6 is 0 Å². The summed E-state index contributed by atoms with van der Waals surface area (Å²) in [5.74, 6) is 1.29. The third-order valence-electron chi connectivity index (χ3n) is 2.27. The average molecular weight is 207 g/mol. The van der Waals surface area contributed by atoms with Gasteiger partial charge in [0.25, 0.3) is 0 Å². The van der Waals surface area contributed by atoms with Gasteiger partial charge in [-0.25, -0.2) is 0 Å². The Balaban J connectivity index is 2.39. The number of carbonyl (C=O) groups excluding carboxylic acids is 1. The summed E-state index contributed by atoms with van der Waals surface area (Å²) in [5.41, 5.74) is 0.680. The molecule has 0 atom stereocenters. The first-order valence-electron chi connectivity index (χ1n) is 4.91. The van der Waals surface area contributed by atoms with Gasteiger partial charge in [0, 0.05) is 6.42 Å². The fourth-order valence-corrected chi connectivity index (χ4v) is 1.54. The number of benzene rings is 1. The minimum atomic E-state index is 0.0211. The second-order valence-electron chi connectivity index (χ2n) is 3.34. The maximum absolute atomic E-state index is 11.4. The number of para-hydroxylation sites is 1. The second-order valence-corrected chi connectivity index (χ2v) is 3.34. The van der Waals surface area contributed by atoms with E-state index in [2.05, 4.69) is 5.32 Å². The lowest BCUT2D eigenvalue weighted by Crippen LogP contribution is -2.17. The first-order valence-corrected chi connectivity index (χ1v) is 4.91. The van der Waals surface area contributed by atoms with E-state index in [9.17, 15) is 4.79 Å². The van der Waals surface area contributed by atoms with Crippen molar-refractivity contribution in [1.82, 2.24) is 0 Å². The molecule has 0 radical (unpaired) electrons. The molecule has 1 aromatic carbocycles. The zero-order valence-electron chi connectivity index (χ0n) is 8.58. The number of fused-ring (bicyclic) bond motifs is 1. The lowest BCUT2D eigenvalue weighted by molar-refractivity contribution is -0.116. The van der Waals surface area contributed by atoms with E-state index in [0.29, 0.717) is 30.2 Å². The SMILES string of the molecule is COc1cccc2c1OCCCC(=O)N2. The van der Waals surface area contributed by atoms with Gasteiger partial charge in [0.2, 0.25) is 5.91 Å². The van der Waals surface area contributed by atoms with Crippen LogP contribution in [0.5, 0.6) is 11.5 Å². The van der Waals surface area contributed by atoms with Crippen molar-refractivity contribution < 1.29 is 14.3 Å². The van der Waals surface area contributed by atoms with Gasteiger partial charge in [-0.15, -0.1) is 0 Å². The van der Waals surface area contributed by atoms with Gasteiger partial charge in [-0.2, -0.15) is 0 Å². The molecular formula is C11H13NO3. The molecule has 1 aromatic rings. The summed E-state index contributed by atoms with van der Waals surface area (Å²) in [5, 5.41) is 2.79. The van der Waals surface area contributed by atoms with E-state index < -0.39 is 0 Å². The van der Waals surface area contributed by atoms with Gasteiger partial charge in [0.05, 0.1) is 19.4 Å². The monoisotopic (exact) mass is 207 g/mol. The second kappa shape index (κ2) is 4.21. The number of hydrogen-bond donors (Lipinski definition) is 1. The molecule has 0 saturated carbocycles. The summed E-state index contributed by atoms with van der Waals surface area (Å²) in [4.78, 5) is 11.4. The Kier molecular flexibility index (Phi) is 2.76. The molecule has 0 aliphatic carbocycles. The number of anilines is 1. The fraction of sp³-hybridized carbons (Fsp3) is 0.364. The number of amides is 1. The fourth-order valence-electron chi connectivity index (χ4n) is 1.54. The van der Waals surface area contributed by atoms with Crippen LogP contribution in [0.25, 0.3) is 0 Å². The molecule has 4 heteroatoms. The molecule has 4 nitrogen and oxygen atoms in total. The number of carbonyl (C=O) groups is 1. The van der Waals surface area contributed by atoms with Crippen LogP contribution in [-0.2, 0) is 4.79 Å². The van der Waals surface area contributed by atoms with Gasteiger partial charge in [-0.1, -0.05) is 6.07 Å². The number of nitrogens with one attached hydrogen (secondary N) is 1. The van der Waals surface area contributed by atoms with E-state index in [1.54, 1.807) is 13.2 Å². The smallest absolute Gasteiger partial charge is 0.224 e. The first-order chi connectivity index (χ1) is 7.31. The van der Waals surface area contributed by atoms with Crippen molar-refractivity contribution in [2.24, 2.45) is 0 Å². The van der Waals surface area contributed by atoms with E-state index >= 15 is 0 Å². The molecular weight excluding hydrogens is 194 g/mol. The molecule has 0 bridgehead atoms. The normalized spacial score (nSPS) is 15.4. The van der Waals surface area contributed by atoms with Crippen LogP contribution in [0.2, 0.25) is 0 Å². The van der Waals surface area contributed by atoms with Crippen LogP contribution in [0.4, 0.5) is 5.69 Å². The summed E-state index contributed by atoms with van der Waals surface area (Å²) in [6.45, 7) is 0.542. The van der Waals surface area contributed by atoms with E-state index in [1.807, 2.05) is 12.1 Å². The quantitative estimate of drug-likeness (QED) is 0.763. The lowest BCUT2D eigenvalue weighted by atomic mass is 10.2. The molecule has 1 heterocycles. The van der Waals surface area contributed by atoms with Gasteiger partial charge in [0.1, 0.15) is 0 Å². The minimum absolute atomic E-state index is 0.0211. The van der Waals surface area contributed by atoms with Gasteiger partial charge in [-0.05, 0) is 18.6 Å². The highest BCUT2D eigenvalue weighted by atomic mass is 16.5. The van der Waals surface area contributed by atoms with E-state index in [4.69, 9.17) is 9.47 Å². The van der Waals surface area contributed by atoms with E-state index in [1.165, 1.54) is 0 Å². The molecule has 0 unspecified atom stereocenters. The van der Waals surface area contributed by atoms with Crippen LogP contribution in [0, 0.1) is 0 Å². The van der Waals surface area contributed by atoms with Crippen LogP contribution < -0.4 is 14.8 Å². The number of methoxy groups -OCH3 is 1. The molecule has 0 spiro atoms. The van der Waals surface area contributed by atoms with Crippen molar-refractivity contribution in [3.8, 4) is 11.5 Å². The molecule has 2 rings (SSSR count). The standard InChI is InChI=1S/C11H13NO3/c1-14-9-5-2-4-8-11(9)15-7-3-6-10(13)12-8/h2,4-5H,3,6-7H2,1H3,(H,12,13). The molecule has 1 aliphatic rings. The average Bonchev–Trinajstić information content (AvgIpc) is 2.22. The van der Waals surface area contributed by atoms with Crippen LogP contribution in [0.1, 0.15) is 12.8 Å². The molecule has 1 aliphatic heterocycles. The maximum Gasteiger partial charge on any atom is 0.224 e. The summed E-state index contributed by atoms with van der Waals surface area (Å²) in [6.07, 6.45) is 1.22. The molecule has 1 N–H and O–H groups in total. The van der Waals surface area contributed by atoms with Crippen molar-refractivity contribution in [3.63, 3.8) is 0 Å². The topological polar surface area (TPSA) is 47.6 Å². The van der Waals surface area contributed by atoms with E-state index in [-0.39, 0.29) is 5.91 Å².